The summed E-state index contributed by atoms with van der Waals surface area (Å²) in [6.07, 6.45) is 3.69. The summed E-state index contributed by atoms with van der Waals surface area (Å²) in [5.41, 5.74) is 5.08. The predicted molar refractivity (Wildman–Crippen MR) is 107 cm³/mol. The highest BCUT2D eigenvalue weighted by Crippen LogP contribution is 2.21. The van der Waals surface area contributed by atoms with Crippen LogP contribution in [0.3, 0.4) is 0 Å². The fourth-order valence-electron chi connectivity index (χ4n) is 3.17. The molecule has 27 heavy (non-hydrogen) atoms. The number of hydrogen-bond donors (Lipinski definition) is 2. The van der Waals surface area contributed by atoms with Crippen molar-refractivity contribution in [1.29, 1.82) is 0 Å². The largest absolute Gasteiger partial charge is 0.322 e. The monoisotopic (exact) mass is 358 g/mol. The standard InChI is InChI=1S/C23H19FN2O/c24-21-11-17(7-6-16-4-2-1-3-5-16)10-19(12-21)23(27)26-22-9-8-18-14-25-15-20(18)13-22/h1-13,25H,14-15H2,(H,26,27)/b7-6+. The van der Waals surface area contributed by atoms with Crippen molar-refractivity contribution in [2.75, 3.05) is 5.32 Å². The lowest BCUT2D eigenvalue weighted by atomic mass is 10.1. The normalized spacial score (nSPS) is 12.9. The van der Waals surface area contributed by atoms with E-state index in [4.69, 9.17) is 0 Å². The second kappa shape index (κ2) is 7.56. The maximum Gasteiger partial charge on any atom is 0.255 e. The van der Waals surface area contributed by atoms with Crippen LogP contribution in [-0.4, -0.2) is 5.91 Å². The smallest absolute Gasteiger partial charge is 0.255 e. The topological polar surface area (TPSA) is 41.1 Å². The lowest BCUT2D eigenvalue weighted by Gasteiger charge is -2.08. The molecule has 1 heterocycles. The van der Waals surface area contributed by atoms with Gasteiger partial charge in [-0.25, -0.2) is 4.39 Å². The van der Waals surface area contributed by atoms with Crippen molar-refractivity contribution >= 4 is 23.7 Å². The van der Waals surface area contributed by atoms with Gasteiger partial charge in [-0.3, -0.25) is 4.79 Å². The molecule has 0 saturated carbocycles. The van der Waals surface area contributed by atoms with Gasteiger partial charge in [0.25, 0.3) is 5.91 Å². The summed E-state index contributed by atoms with van der Waals surface area (Å²) in [6, 6.07) is 19.9. The Balaban J connectivity index is 1.53. The molecule has 0 spiro atoms. The molecule has 4 rings (SSSR count). The van der Waals surface area contributed by atoms with Gasteiger partial charge in [0.1, 0.15) is 5.82 Å². The van der Waals surface area contributed by atoms with Gasteiger partial charge in [0.2, 0.25) is 0 Å². The summed E-state index contributed by atoms with van der Waals surface area (Å²) in [6.45, 7) is 1.65. The predicted octanol–water partition coefficient (Wildman–Crippen LogP) is 4.85. The first-order chi connectivity index (χ1) is 13.2. The molecule has 2 N–H and O–H groups in total. The van der Waals surface area contributed by atoms with E-state index in [-0.39, 0.29) is 5.91 Å². The summed E-state index contributed by atoms with van der Waals surface area (Å²) in [4.78, 5) is 12.6. The van der Waals surface area contributed by atoms with Gasteiger partial charge in [0, 0.05) is 24.3 Å². The first-order valence-electron chi connectivity index (χ1n) is 8.85. The van der Waals surface area contributed by atoms with Crippen LogP contribution in [0.1, 0.15) is 32.6 Å². The fraction of sp³-hybridized carbons (Fsp3) is 0.0870. The van der Waals surface area contributed by atoms with E-state index in [1.807, 2.05) is 54.6 Å². The number of nitrogens with one attached hydrogen (secondary N) is 2. The van der Waals surface area contributed by atoms with Gasteiger partial charge in [-0.2, -0.15) is 0 Å². The van der Waals surface area contributed by atoms with Crippen LogP contribution in [-0.2, 0) is 13.1 Å². The number of hydrogen-bond acceptors (Lipinski definition) is 2. The molecule has 0 fully saturated rings. The third-order valence-corrected chi connectivity index (χ3v) is 4.55. The van der Waals surface area contributed by atoms with Crippen LogP contribution in [0.2, 0.25) is 0 Å². The van der Waals surface area contributed by atoms with Crippen molar-refractivity contribution in [3.63, 3.8) is 0 Å². The number of carbonyl (C=O) groups excluding carboxylic acids is 1. The van der Waals surface area contributed by atoms with Crippen molar-refractivity contribution in [1.82, 2.24) is 5.32 Å². The summed E-state index contributed by atoms with van der Waals surface area (Å²) in [5.74, 6) is -0.761. The van der Waals surface area contributed by atoms with Gasteiger partial charge in [-0.05, 0) is 52.6 Å². The minimum Gasteiger partial charge on any atom is -0.322 e. The maximum absolute atomic E-state index is 14.0. The average Bonchev–Trinajstić information content (AvgIpc) is 3.14. The van der Waals surface area contributed by atoms with Crippen molar-refractivity contribution in [2.45, 2.75) is 13.1 Å². The van der Waals surface area contributed by atoms with E-state index in [0.29, 0.717) is 16.8 Å². The molecule has 1 amide bonds. The zero-order valence-electron chi connectivity index (χ0n) is 14.7. The number of amides is 1. The molecular formula is C23H19FN2O. The SMILES string of the molecule is O=C(Nc1ccc2c(c1)CNC2)c1cc(F)cc(/C=C/c2ccccc2)c1. The number of anilines is 1. The van der Waals surface area contributed by atoms with Crippen LogP contribution in [0.5, 0.6) is 0 Å². The van der Waals surface area contributed by atoms with Gasteiger partial charge < -0.3 is 10.6 Å². The Morgan fingerprint density at radius 1 is 0.889 bits per heavy atom. The second-order valence-corrected chi connectivity index (χ2v) is 6.56. The molecule has 0 radical (unpaired) electrons. The number of halogens is 1. The quantitative estimate of drug-likeness (QED) is 0.655. The fourth-order valence-corrected chi connectivity index (χ4v) is 3.17. The molecule has 1 aliphatic heterocycles. The Morgan fingerprint density at radius 3 is 2.52 bits per heavy atom. The third kappa shape index (κ3) is 4.13. The highest BCUT2D eigenvalue weighted by Gasteiger charge is 2.13. The maximum atomic E-state index is 14.0. The van der Waals surface area contributed by atoms with Crippen LogP contribution in [0, 0.1) is 5.82 Å². The Morgan fingerprint density at radius 2 is 1.67 bits per heavy atom. The summed E-state index contributed by atoms with van der Waals surface area (Å²) in [5, 5.41) is 6.13. The molecule has 0 aromatic heterocycles. The number of carbonyl (C=O) groups is 1. The number of rotatable bonds is 4. The molecule has 0 saturated heterocycles. The van der Waals surface area contributed by atoms with E-state index in [1.165, 1.54) is 23.3 Å². The first-order valence-corrected chi connectivity index (χ1v) is 8.85. The van der Waals surface area contributed by atoms with Gasteiger partial charge >= 0.3 is 0 Å². The highest BCUT2D eigenvalue weighted by molar-refractivity contribution is 6.04. The molecular weight excluding hydrogens is 339 g/mol. The average molecular weight is 358 g/mol. The van der Waals surface area contributed by atoms with Gasteiger partial charge in [-0.1, -0.05) is 48.6 Å². The third-order valence-electron chi connectivity index (χ3n) is 4.55. The van der Waals surface area contributed by atoms with Crippen molar-refractivity contribution in [3.8, 4) is 0 Å². The Labute approximate surface area is 157 Å². The molecule has 0 unspecified atom stereocenters. The minimum atomic E-state index is -0.437. The second-order valence-electron chi connectivity index (χ2n) is 6.56. The molecule has 3 aromatic carbocycles. The van der Waals surface area contributed by atoms with Gasteiger partial charge in [0.15, 0.2) is 0 Å². The lowest BCUT2D eigenvalue weighted by Crippen LogP contribution is -2.12. The van der Waals surface area contributed by atoms with Crippen LogP contribution < -0.4 is 10.6 Å². The molecule has 3 aromatic rings. The van der Waals surface area contributed by atoms with Gasteiger partial charge in [0.05, 0.1) is 0 Å². The molecule has 3 nitrogen and oxygen atoms in total. The number of fused-ring (bicyclic) bond motifs is 1. The molecule has 0 bridgehead atoms. The van der Waals surface area contributed by atoms with Crippen LogP contribution in [0.25, 0.3) is 12.2 Å². The zero-order valence-corrected chi connectivity index (χ0v) is 14.7. The van der Waals surface area contributed by atoms with Gasteiger partial charge in [-0.15, -0.1) is 0 Å². The molecule has 0 aliphatic carbocycles. The highest BCUT2D eigenvalue weighted by atomic mass is 19.1. The van der Waals surface area contributed by atoms with Crippen LogP contribution >= 0.6 is 0 Å². The molecule has 134 valence electrons. The molecule has 4 heteroatoms. The zero-order chi connectivity index (χ0) is 18.6. The van der Waals surface area contributed by atoms with E-state index in [9.17, 15) is 9.18 Å². The van der Waals surface area contributed by atoms with Crippen molar-refractivity contribution in [2.24, 2.45) is 0 Å². The summed E-state index contributed by atoms with van der Waals surface area (Å²) in [7, 11) is 0. The summed E-state index contributed by atoms with van der Waals surface area (Å²) >= 11 is 0. The van der Waals surface area contributed by atoms with Crippen LogP contribution in [0.4, 0.5) is 10.1 Å². The molecule has 0 atom stereocenters. The van der Waals surface area contributed by atoms with Crippen molar-refractivity contribution in [3.05, 3.63) is 100 Å². The first kappa shape index (κ1) is 17.2. The Kier molecular flexibility index (Phi) is 4.81. The minimum absolute atomic E-state index is 0.293. The Bertz CT molecular complexity index is 1010. The van der Waals surface area contributed by atoms with E-state index in [1.54, 1.807) is 12.1 Å². The van der Waals surface area contributed by atoms with E-state index >= 15 is 0 Å². The lowest BCUT2D eigenvalue weighted by molar-refractivity contribution is 0.102. The van der Waals surface area contributed by atoms with Crippen LogP contribution in [0.15, 0.2) is 66.7 Å². The van der Waals surface area contributed by atoms with E-state index in [0.717, 1.165) is 18.7 Å². The van der Waals surface area contributed by atoms with E-state index < -0.39 is 5.82 Å². The molecule has 1 aliphatic rings. The Hall–Kier alpha value is -3.24. The van der Waals surface area contributed by atoms with E-state index in [2.05, 4.69) is 10.6 Å². The summed E-state index contributed by atoms with van der Waals surface area (Å²) < 4.78 is 14.0. The number of benzene rings is 3. The van der Waals surface area contributed by atoms with Crippen molar-refractivity contribution < 1.29 is 9.18 Å².